The minimum atomic E-state index is -1.14. The number of halogens is 2. The number of aliphatic carboxylic acids is 1. The molecule has 8 heteroatoms. The van der Waals surface area contributed by atoms with Crippen LogP contribution in [-0.2, 0) is 4.79 Å². The summed E-state index contributed by atoms with van der Waals surface area (Å²) >= 11 is 5.50. The molecule has 0 aliphatic rings. The van der Waals surface area contributed by atoms with Crippen LogP contribution in [0.3, 0.4) is 0 Å². The van der Waals surface area contributed by atoms with Gasteiger partial charge in [0.05, 0.1) is 9.95 Å². The number of carboxylic acids is 1. The molecule has 0 saturated heterocycles. The third-order valence-electron chi connectivity index (χ3n) is 2.73. The van der Waals surface area contributed by atoms with E-state index >= 15 is 0 Å². The van der Waals surface area contributed by atoms with Crippen LogP contribution >= 0.6 is 11.6 Å². The van der Waals surface area contributed by atoms with Gasteiger partial charge in [0.1, 0.15) is 17.5 Å². The highest BCUT2D eigenvalue weighted by Crippen LogP contribution is 2.33. The second-order valence-electron chi connectivity index (χ2n) is 3.89. The Labute approximate surface area is 113 Å². The van der Waals surface area contributed by atoms with Crippen molar-refractivity contribution in [1.82, 2.24) is 0 Å². The number of hydrogen-bond donors (Lipinski definition) is 1. The number of benzene rings is 1. The van der Waals surface area contributed by atoms with Crippen molar-refractivity contribution in [3.63, 3.8) is 0 Å². The van der Waals surface area contributed by atoms with E-state index in [9.17, 15) is 19.3 Å². The predicted molar refractivity (Wildman–Crippen MR) is 68.2 cm³/mol. The maximum absolute atomic E-state index is 13.4. The summed E-state index contributed by atoms with van der Waals surface area (Å²) in [6.45, 7) is 1.62. The normalized spacial score (nSPS) is 12.0. The first-order valence-electron chi connectivity index (χ1n) is 5.38. The Kier molecular flexibility index (Phi) is 4.66. The van der Waals surface area contributed by atoms with Crippen molar-refractivity contribution in [2.24, 2.45) is 0 Å². The molecule has 0 saturated carbocycles. The molecular formula is C11H12ClFN2O4. The number of carbonyl (C=O) groups is 1. The Morgan fingerprint density at radius 2 is 2.21 bits per heavy atom. The van der Waals surface area contributed by atoms with Crippen LogP contribution in [0, 0.1) is 15.9 Å². The van der Waals surface area contributed by atoms with Crippen molar-refractivity contribution in [1.29, 1.82) is 0 Å². The Bertz CT molecular complexity index is 524. The fourth-order valence-corrected chi connectivity index (χ4v) is 1.89. The van der Waals surface area contributed by atoms with Gasteiger partial charge in [-0.3, -0.25) is 10.1 Å². The van der Waals surface area contributed by atoms with E-state index in [4.69, 9.17) is 16.7 Å². The van der Waals surface area contributed by atoms with Gasteiger partial charge in [-0.25, -0.2) is 9.18 Å². The monoisotopic (exact) mass is 290 g/mol. The minimum absolute atomic E-state index is 0.124. The molecule has 1 N–H and O–H groups in total. The lowest BCUT2D eigenvalue weighted by atomic mass is 10.1. The van der Waals surface area contributed by atoms with Crippen molar-refractivity contribution in [3.8, 4) is 0 Å². The van der Waals surface area contributed by atoms with Crippen molar-refractivity contribution < 1.29 is 19.2 Å². The smallest absolute Gasteiger partial charge is 0.326 e. The highest BCUT2D eigenvalue weighted by molar-refractivity contribution is 6.31. The van der Waals surface area contributed by atoms with E-state index in [1.165, 1.54) is 7.05 Å². The zero-order valence-electron chi connectivity index (χ0n) is 10.3. The lowest BCUT2D eigenvalue weighted by Gasteiger charge is -2.25. The molecule has 6 nitrogen and oxygen atoms in total. The van der Waals surface area contributed by atoms with Gasteiger partial charge >= 0.3 is 5.97 Å². The summed E-state index contributed by atoms with van der Waals surface area (Å²) in [6.07, 6.45) is 0.216. The van der Waals surface area contributed by atoms with E-state index in [0.29, 0.717) is 0 Å². The average molecular weight is 291 g/mol. The summed E-state index contributed by atoms with van der Waals surface area (Å²) in [5.74, 6) is -1.98. The van der Waals surface area contributed by atoms with Crippen LogP contribution in [0.15, 0.2) is 12.1 Å². The second-order valence-corrected chi connectivity index (χ2v) is 4.29. The molecule has 1 aromatic rings. The third-order valence-corrected chi connectivity index (χ3v) is 3.02. The van der Waals surface area contributed by atoms with Gasteiger partial charge in [-0.2, -0.15) is 0 Å². The van der Waals surface area contributed by atoms with Gasteiger partial charge in [0, 0.05) is 19.2 Å². The quantitative estimate of drug-likeness (QED) is 0.666. The van der Waals surface area contributed by atoms with Crippen LogP contribution < -0.4 is 4.90 Å². The summed E-state index contributed by atoms with van der Waals surface area (Å²) in [5, 5.41) is 19.6. The summed E-state index contributed by atoms with van der Waals surface area (Å²) in [4.78, 5) is 22.4. The zero-order valence-corrected chi connectivity index (χ0v) is 11.0. The fourth-order valence-electron chi connectivity index (χ4n) is 1.74. The first-order chi connectivity index (χ1) is 8.79. The number of nitro benzene ring substituents is 1. The van der Waals surface area contributed by atoms with Crippen molar-refractivity contribution >= 4 is 28.9 Å². The molecule has 0 fully saturated rings. The first-order valence-corrected chi connectivity index (χ1v) is 5.76. The molecule has 0 amide bonds. The number of anilines is 1. The average Bonchev–Trinajstić information content (AvgIpc) is 2.31. The lowest BCUT2D eigenvalue weighted by Crippen LogP contribution is -2.38. The van der Waals surface area contributed by atoms with Crippen molar-refractivity contribution in [2.75, 3.05) is 11.9 Å². The van der Waals surface area contributed by atoms with E-state index in [0.717, 1.165) is 17.0 Å². The van der Waals surface area contributed by atoms with Crippen LogP contribution in [0.1, 0.15) is 13.3 Å². The van der Waals surface area contributed by atoms with Crippen LogP contribution in [0.4, 0.5) is 15.8 Å². The topological polar surface area (TPSA) is 83.7 Å². The molecule has 0 bridgehead atoms. The van der Waals surface area contributed by atoms with Gasteiger partial charge in [0.25, 0.3) is 5.69 Å². The van der Waals surface area contributed by atoms with Crippen molar-refractivity contribution in [2.45, 2.75) is 19.4 Å². The van der Waals surface area contributed by atoms with E-state index < -0.39 is 28.4 Å². The maximum atomic E-state index is 13.4. The zero-order chi connectivity index (χ0) is 14.7. The Morgan fingerprint density at radius 3 is 2.63 bits per heavy atom. The van der Waals surface area contributed by atoms with Gasteiger partial charge in [0.2, 0.25) is 0 Å². The van der Waals surface area contributed by atoms with E-state index in [1.54, 1.807) is 6.92 Å². The van der Waals surface area contributed by atoms with Crippen LogP contribution in [0.25, 0.3) is 0 Å². The SMILES string of the molecule is CCC(C(=O)O)N(C)c1cc(F)c(Cl)cc1[N+](=O)[O-]. The largest absolute Gasteiger partial charge is 0.480 e. The van der Waals surface area contributed by atoms with Gasteiger partial charge < -0.3 is 10.0 Å². The van der Waals surface area contributed by atoms with Crippen LogP contribution in [-0.4, -0.2) is 29.1 Å². The number of hydrogen-bond acceptors (Lipinski definition) is 4. The van der Waals surface area contributed by atoms with Gasteiger partial charge in [0.15, 0.2) is 0 Å². The Hall–Kier alpha value is -1.89. The first kappa shape index (κ1) is 15.2. The summed E-state index contributed by atoms with van der Waals surface area (Å²) in [5.41, 5.74) is -0.560. The third kappa shape index (κ3) is 3.11. The molecule has 104 valence electrons. The number of likely N-dealkylation sites (N-methyl/N-ethyl adjacent to an activating group) is 1. The number of rotatable bonds is 5. The molecule has 0 spiro atoms. The molecule has 0 aromatic heterocycles. The second kappa shape index (κ2) is 5.83. The van der Waals surface area contributed by atoms with Crippen LogP contribution in [0.2, 0.25) is 5.02 Å². The standard InChI is InChI=1S/C11H12ClFN2O4/c1-3-8(11(16)17)14(2)9-5-7(13)6(12)4-10(9)15(18)19/h4-5,8H,3H2,1-2H3,(H,16,17). The minimum Gasteiger partial charge on any atom is -0.480 e. The molecular weight excluding hydrogens is 279 g/mol. The highest BCUT2D eigenvalue weighted by atomic mass is 35.5. The molecule has 1 unspecified atom stereocenters. The summed E-state index contributed by atoms with van der Waals surface area (Å²) in [7, 11) is 1.36. The van der Waals surface area contributed by atoms with Gasteiger partial charge in [-0.1, -0.05) is 18.5 Å². The number of carboxylic acid groups (broad SMARTS) is 1. The van der Waals surface area contributed by atoms with Gasteiger partial charge in [-0.05, 0) is 6.42 Å². The van der Waals surface area contributed by atoms with E-state index in [2.05, 4.69) is 0 Å². The molecule has 0 aliphatic heterocycles. The molecule has 0 aliphatic carbocycles. The maximum Gasteiger partial charge on any atom is 0.326 e. The molecule has 19 heavy (non-hydrogen) atoms. The van der Waals surface area contributed by atoms with E-state index in [-0.39, 0.29) is 17.1 Å². The number of nitrogens with zero attached hydrogens (tertiary/aromatic N) is 2. The van der Waals surface area contributed by atoms with Gasteiger partial charge in [-0.15, -0.1) is 0 Å². The molecule has 1 atom stereocenters. The molecule has 0 radical (unpaired) electrons. The predicted octanol–water partition coefficient (Wildman–Crippen LogP) is 2.69. The summed E-state index contributed by atoms with van der Waals surface area (Å²) < 4.78 is 13.4. The summed E-state index contributed by atoms with van der Waals surface area (Å²) in [6, 6.07) is 0.753. The lowest BCUT2D eigenvalue weighted by molar-refractivity contribution is -0.384. The van der Waals surface area contributed by atoms with E-state index in [1.807, 2.05) is 0 Å². The Balaban J connectivity index is 3.36. The van der Waals surface area contributed by atoms with Crippen LogP contribution in [0.5, 0.6) is 0 Å². The van der Waals surface area contributed by atoms with Crippen molar-refractivity contribution in [3.05, 3.63) is 33.1 Å². The molecule has 1 aromatic carbocycles. The highest BCUT2D eigenvalue weighted by Gasteiger charge is 2.28. The molecule has 0 heterocycles. The molecule has 1 rings (SSSR count). The number of nitro groups is 1. The Morgan fingerprint density at radius 1 is 1.63 bits per heavy atom. The fraction of sp³-hybridized carbons (Fsp3) is 0.364.